The molecule has 3 unspecified atom stereocenters. The molecule has 2 nitrogen and oxygen atoms in total. The topological polar surface area (TPSA) is 15.3 Å². The van der Waals surface area contributed by atoms with Gasteiger partial charge in [0.15, 0.2) is 0 Å². The van der Waals surface area contributed by atoms with Crippen molar-refractivity contribution < 1.29 is 0 Å². The molecule has 0 aromatic rings. The van der Waals surface area contributed by atoms with Gasteiger partial charge >= 0.3 is 0 Å². The normalized spacial score (nSPS) is 40.9. The monoisotopic (exact) mass is 222 g/mol. The Labute approximate surface area is 99.8 Å². The zero-order valence-corrected chi connectivity index (χ0v) is 10.5. The van der Waals surface area contributed by atoms with Crippen LogP contribution in [0.4, 0.5) is 0 Å². The van der Waals surface area contributed by atoms with Crippen LogP contribution in [0.15, 0.2) is 0 Å². The lowest BCUT2D eigenvalue weighted by Crippen LogP contribution is -2.41. The zero-order valence-electron chi connectivity index (χ0n) is 10.5. The Balaban J connectivity index is 1.53. The number of hydrogen-bond acceptors (Lipinski definition) is 2. The van der Waals surface area contributed by atoms with Gasteiger partial charge in [0, 0.05) is 12.6 Å². The second-order valence-electron chi connectivity index (χ2n) is 6.08. The summed E-state index contributed by atoms with van der Waals surface area (Å²) >= 11 is 0. The van der Waals surface area contributed by atoms with E-state index >= 15 is 0 Å². The van der Waals surface area contributed by atoms with Crippen molar-refractivity contribution in [2.45, 2.75) is 51.0 Å². The molecule has 0 amide bonds. The molecular formula is C14H26N2. The van der Waals surface area contributed by atoms with E-state index < -0.39 is 0 Å². The predicted octanol–water partition coefficient (Wildman–Crippen LogP) is 2.25. The molecular weight excluding hydrogens is 196 g/mol. The summed E-state index contributed by atoms with van der Waals surface area (Å²) in [5.41, 5.74) is 0. The molecule has 16 heavy (non-hydrogen) atoms. The molecule has 1 N–H and O–H groups in total. The Kier molecular flexibility index (Phi) is 3.49. The van der Waals surface area contributed by atoms with E-state index in [2.05, 4.69) is 10.2 Å². The van der Waals surface area contributed by atoms with Crippen LogP contribution in [0.2, 0.25) is 0 Å². The van der Waals surface area contributed by atoms with Crippen molar-refractivity contribution in [3.63, 3.8) is 0 Å². The van der Waals surface area contributed by atoms with E-state index in [-0.39, 0.29) is 0 Å². The molecule has 3 rings (SSSR count). The van der Waals surface area contributed by atoms with Crippen LogP contribution >= 0.6 is 0 Å². The first-order chi connectivity index (χ1) is 7.93. The van der Waals surface area contributed by atoms with Gasteiger partial charge in [-0.3, -0.25) is 0 Å². The Morgan fingerprint density at radius 3 is 2.56 bits per heavy atom. The van der Waals surface area contributed by atoms with E-state index in [1.165, 1.54) is 71.1 Å². The van der Waals surface area contributed by atoms with Crippen LogP contribution < -0.4 is 5.32 Å². The second-order valence-corrected chi connectivity index (χ2v) is 6.08. The van der Waals surface area contributed by atoms with Crippen LogP contribution in [0.1, 0.15) is 44.9 Å². The molecule has 2 aliphatic heterocycles. The van der Waals surface area contributed by atoms with Crippen molar-refractivity contribution in [2.75, 3.05) is 26.2 Å². The molecule has 0 aromatic carbocycles. The van der Waals surface area contributed by atoms with Crippen molar-refractivity contribution in [3.05, 3.63) is 0 Å². The summed E-state index contributed by atoms with van der Waals surface area (Å²) in [6.45, 7) is 5.36. The molecule has 2 heteroatoms. The van der Waals surface area contributed by atoms with Gasteiger partial charge in [0.25, 0.3) is 0 Å². The second kappa shape index (κ2) is 5.05. The van der Waals surface area contributed by atoms with Gasteiger partial charge in [0.05, 0.1) is 0 Å². The fourth-order valence-electron chi connectivity index (χ4n) is 4.10. The Morgan fingerprint density at radius 2 is 1.75 bits per heavy atom. The third kappa shape index (κ3) is 2.28. The smallest absolute Gasteiger partial charge is 0.0226 e. The summed E-state index contributed by atoms with van der Waals surface area (Å²) in [5, 5.41) is 3.78. The fourth-order valence-corrected chi connectivity index (χ4v) is 4.10. The van der Waals surface area contributed by atoms with Crippen molar-refractivity contribution in [3.8, 4) is 0 Å². The van der Waals surface area contributed by atoms with Gasteiger partial charge in [0.1, 0.15) is 0 Å². The Bertz CT molecular complexity index is 221. The largest absolute Gasteiger partial charge is 0.312 e. The van der Waals surface area contributed by atoms with Crippen molar-refractivity contribution >= 4 is 0 Å². The van der Waals surface area contributed by atoms with Crippen LogP contribution in [0.3, 0.4) is 0 Å². The van der Waals surface area contributed by atoms with Crippen LogP contribution in [-0.4, -0.2) is 37.1 Å². The number of likely N-dealkylation sites (tertiary alicyclic amines) is 1. The molecule has 2 saturated heterocycles. The maximum absolute atomic E-state index is 3.78. The highest BCUT2D eigenvalue weighted by Gasteiger charge is 2.39. The molecule has 0 aromatic heterocycles. The molecule has 2 heterocycles. The molecule has 92 valence electrons. The predicted molar refractivity (Wildman–Crippen MR) is 67.5 cm³/mol. The van der Waals surface area contributed by atoms with Gasteiger partial charge in [-0.05, 0) is 57.2 Å². The Morgan fingerprint density at radius 1 is 0.938 bits per heavy atom. The van der Waals surface area contributed by atoms with Gasteiger partial charge in [0.2, 0.25) is 0 Å². The number of nitrogens with zero attached hydrogens (tertiary/aromatic N) is 1. The maximum atomic E-state index is 3.78. The van der Waals surface area contributed by atoms with Crippen LogP contribution in [0, 0.1) is 11.8 Å². The number of hydrogen-bond donors (Lipinski definition) is 1. The number of fused-ring (bicyclic) bond motifs is 1. The van der Waals surface area contributed by atoms with Gasteiger partial charge in [-0.15, -0.1) is 0 Å². The lowest BCUT2D eigenvalue weighted by atomic mass is 9.94. The summed E-state index contributed by atoms with van der Waals surface area (Å²) in [6, 6.07) is 0.825. The van der Waals surface area contributed by atoms with Crippen LogP contribution in [0.25, 0.3) is 0 Å². The highest BCUT2D eigenvalue weighted by atomic mass is 15.2. The minimum Gasteiger partial charge on any atom is -0.312 e. The minimum absolute atomic E-state index is 0.825. The fraction of sp³-hybridized carbons (Fsp3) is 1.00. The SMILES string of the molecule is C1CCCN(CC2NCC3CCCC32)CC1. The molecule has 0 spiro atoms. The lowest BCUT2D eigenvalue weighted by molar-refractivity contribution is 0.233. The summed E-state index contributed by atoms with van der Waals surface area (Å²) in [7, 11) is 0. The molecule has 3 fully saturated rings. The highest BCUT2D eigenvalue weighted by Crippen LogP contribution is 2.37. The molecule has 0 radical (unpaired) electrons. The quantitative estimate of drug-likeness (QED) is 0.771. The molecule has 3 aliphatic rings. The van der Waals surface area contributed by atoms with Crippen molar-refractivity contribution in [1.29, 1.82) is 0 Å². The number of rotatable bonds is 2. The van der Waals surface area contributed by atoms with Crippen molar-refractivity contribution in [2.24, 2.45) is 11.8 Å². The summed E-state index contributed by atoms with van der Waals surface area (Å²) < 4.78 is 0. The maximum Gasteiger partial charge on any atom is 0.0226 e. The van der Waals surface area contributed by atoms with E-state index in [9.17, 15) is 0 Å². The summed E-state index contributed by atoms with van der Waals surface area (Å²) in [4.78, 5) is 2.73. The van der Waals surface area contributed by atoms with Crippen LogP contribution in [-0.2, 0) is 0 Å². The van der Waals surface area contributed by atoms with Gasteiger partial charge in [-0.1, -0.05) is 19.3 Å². The first kappa shape index (κ1) is 11.0. The lowest BCUT2D eigenvalue weighted by Gasteiger charge is -2.27. The average molecular weight is 222 g/mol. The first-order valence-electron chi connectivity index (χ1n) is 7.39. The Hall–Kier alpha value is -0.0800. The van der Waals surface area contributed by atoms with E-state index in [1.54, 1.807) is 0 Å². The van der Waals surface area contributed by atoms with E-state index in [0.717, 1.165) is 17.9 Å². The van der Waals surface area contributed by atoms with Gasteiger partial charge < -0.3 is 10.2 Å². The standard InChI is InChI=1S/C14H26N2/c1-2-4-9-16(8-3-1)11-14-13-7-5-6-12(13)10-15-14/h12-15H,1-11H2. The van der Waals surface area contributed by atoms with Gasteiger partial charge in [-0.2, -0.15) is 0 Å². The minimum atomic E-state index is 0.825. The average Bonchev–Trinajstić information content (AvgIpc) is 2.78. The third-order valence-corrected chi connectivity index (χ3v) is 5.03. The molecule has 3 atom stereocenters. The first-order valence-corrected chi connectivity index (χ1v) is 7.39. The zero-order chi connectivity index (χ0) is 10.8. The van der Waals surface area contributed by atoms with E-state index in [0.29, 0.717) is 0 Å². The van der Waals surface area contributed by atoms with Crippen LogP contribution in [0.5, 0.6) is 0 Å². The summed E-state index contributed by atoms with van der Waals surface area (Å²) in [6.07, 6.45) is 10.3. The third-order valence-electron chi connectivity index (χ3n) is 5.03. The van der Waals surface area contributed by atoms with Crippen molar-refractivity contribution in [1.82, 2.24) is 10.2 Å². The van der Waals surface area contributed by atoms with Gasteiger partial charge in [-0.25, -0.2) is 0 Å². The molecule has 1 saturated carbocycles. The van der Waals surface area contributed by atoms with E-state index in [1.807, 2.05) is 0 Å². The molecule has 1 aliphatic carbocycles. The molecule has 0 bridgehead atoms. The number of nitrogens with one attached hydrogen (secondary N) is 1. The highest BCUT2D eigenvalue weighted by molar-refractivity contribution is 4.95. The van der Waals surface area contributed by atoms with E-state index in [4.69, 9.17) is 0 Å². The summed E-state index contributed by atoms with van der Waals surface area (Å²) in [5.74, 6) is 2.04.